The van der Waals surface area contributed by atoms with Crippen molar-refractivity contribution in [2.75, 3.05) is 45.3 Å². The molecule has 2 fully saturated rings. The van der Waals surface area contributed by atoms with Gasteiger partial charge in [0.05, 0.1) is 12.6 Å². The lowest BCUT2D eigenvalue weighted by atomic mass is 10.1. The molecule has 2 aliphatic rings. The highest BCUT2D eigenvalue weighted by Crippen LogP contribution is 2.26. The lowest BCUT2D eigenvalue weighted by Gasteiger charge is -2.34. The first-order chi connectivity index (χ1) is 15.7. The average Bonchev–Trinajstić information content (AvgIpc) is 3.36. The maximum absolute atomic E-state index is 12.4. The number of anilines is 1. The third-order valence-electron chi connectivity index (χ3n) is 6.25. The van der Waals surface area contributed by atoms with Crippen LogP contribution < -0.4 is 10.6 Å². The van der Waals surface area contributed by atoms with Gasteiger partial charge in [0.25, 0.3) is 0 Å². The van der Waals surface area contributed by atoms with Crippen LogP contribution in [0.2, 0.25) is 0 Å². The van der Waals surface area contributed by atoms with E-state index >= 15 is 0 Å². The lowest BCUT2D eigenvalue weighted by molar-refractivity contribution is -0.119. The maximum Gasteiger partial charge on any atom is 0.227 e. The molecule has 33 heavy (non-hydrogen) atoms. The molecule has 2 N–H and O–H groups in total. The number of hydrogen-bond donors (Lipinski definition) is 2. The number of nitrogens with one attached hydrogen (secondary N) is 2. The summed E-state index contributed by atoms with van der Waals surface area (Å²) in [5.74, 6) is 1.28. The van der Waals surface area contributed by atoms with Crippen LogP contribution in [0.1, 0.15) is 57.4 Å². The number of guanidine groups is 1. The summed E-state index contributed by atoms with van der Waals surface area (Å²) < 4.78 is 11.1. The number of amides is 1. The Hall–Kier alpha value is -1.39. The van der Waals surface area contributed by atoms with Gasteiger partial charge in [-0.1, -0.05) is 25.0 Å². The predicted molar refractivity (Wildman–Crippen MR) is 144 cm³/mol. The summed E-state index contributed by atoms with van der Waals surface area (Å²) in [4.78, 5) is 19.6. The summed E-state index contributed by atoms with van der Waals surface area (Å²) in [7, 11) is 1.73. The minimum atomic E-state index is 0. The molecule has 0 radical (unpaired) electrons. The van der Waals surface area contributed by atoms with E-state index in [4.69, 9.17) is 14.5 Å². The van der Waals surface area contributed by atoms with E-state index in [-0.39, 0.29) is 35.8 Å². The monoisotopic (exact) mass is 572 g/mol. The standard InChI is InChI=1S/C25H40N4O3.HI/c1-3-26-25(29-14-12-23(13-15-29)32-17-7-16-31-2)27-19-20-8-6-11-22(18-20)28-24(30)21-9-4-5-10-21;/h6,8,11,18,21,23H,3-5,7,9-10,12-17,19H2,1-2H3,(H,26,27)(H,28,30);1H. The summed E-state index contributed by atoms with van der Waals surface area (Å²) in [5, 5.41) is 6.52. The fourth-order valence-electron chi connectivity index (χ4n) is 4.46. The number of likely N-dealkylation sites (tertiary alicyclic amines) is 1. The highest BCUT2D eigenvalue weighted by atomic mass is 127. The highest BCUT2D eigenvalue weighted by molar-refractivity contribution is 14.0. The summed E-state index contributed by atoms with van der Waals surface area (Å²) in [5.41, 5.74) is 1.96. The number of halogens is 1. The Morgan fingerprint density at radius 2 is 1.91 bits per heavy atom. The number of benzene rings is 1. The normalized spacial score (nSPS) is 17.6. The second-order valence-corrected chi connectivity index (χ2v) is 8.74. The van der Waals surface area contributed by atoms with Gasteiger partial charge in [-0.25, -0.2) is 4.99 Å². The molecule has 3 rings (SSSR count). The number of aliphatic imine (C=N–C) groups is 1. The van der Waals surface area contributed by atoms with E-state index < -0.39 is 0 Å². The molecule has 1 saturated carbocycles. The van der Waals surface area contributed by atoms with E-state index in [2.05, 4.69) is 28.5 Å². The topological polar surface area (TPSA) is 75.2 Å². The van der Waals surface area contributed by atoms with Crippen LogP contribution in [-0.4, -0.2) is 62.8 Å². The average molecular weight is 573 g/mol. The molecule has 1 aliphatic carbocycles. The third kappa shape index (κ3) is 9.41. The summed E-state index contributed by atoms with van der Waals surface area (Å²) in [6.07, 6.45) is 7.65. The molecule has 0 atom stereocenters. The van der Waals surface area contributed by atoms with E-state index in [0.717, 1.165) is 95.0 Å². The van der Waals surface area contributed by atoms with Crippen LogP contribution in [0.3, 0.4) is 0 Å². The maximum atomic E-state index is 12.4. The summed E-state index contributed by atoms with van der Waals surface area (Å²) >= 11 is 0. The number of hydrogen-bond acceptors (Lipinski definition) is 4. The molecule has 0 bridgehead atoms. The fourth-order valence-corrected chi connectivity index (χ4v) is 4.46. The molecular formula is C25H41IN4O3. The van der Waals surface area contributed by atoms with Gasteiger partial charge >= 0.3 is 0 Å². The molecule has 7 nitrogen and oxygen atoms in total. The minimum Gasteiger partial charge on any atom is -0.385 e. The number of ether oxygens (including phenoxy) is 2. The number of carbonyl (C=O) groups excluding carboxylic acids is 1. The summed E-state index contributed by atoms with van der Waals surface area (Å²) in [6, 6.07) is 8.07. The van der Waals surface area contributed by atoms with Crippen molar-refractivity contribution in [1.82, 2.24) is 10.2 Å². The Balaban J connectivity index is 0.00000385. The molecule has 0 aromatic heterocycles. The van der Waals surface area contributed by atoms with Gasteiger partial charge in [-0.2, -0.15) is 0 Å². The second-order valence-electron chi connectivity index (χ2n) is 8.74. The fraction of sp³-hybridized carbons (Fsp3) is 0.680. The second kappa shape index (κ2) is 15.5. The van der Waals surface area contributed by atoms with E-state index in [1.165, 1.54) is 0 Å². The molecule has 0 spiro atoms. The summed E-state index contributed by atoms with van der Waals surface area (Å²) in [6.45, 7) is 6.92. The van der Waals surface area contributed by atoms with Crippen LogP contribution in [0.25, 0.3) is 0 Å². The third-order valence-corrected chi connectivity index (χ3v) is 6.25. The van der Waals surface area contributed by atoms with Crippen molar-refractivity contribution in [3.8, 4) is 0 Å². The van der Waals surface area contributed by atoms with Gasteiger partial charge in [0, 0.05) is 51.6 Å². The number of carbonyl (C=O) groups is 1. The van der Waals surface area contributed by atoms with Gasteiger partial charge in [0.1, 0.15) is 0 Å². The zero-order chi connectivity index (χ0) is 22.6. The molecule has 1 aliphatic heterocycles. The first kappa shape index (κ1) is 27.9. The first-order valence-electron chi connectivity index (χ1n) is 12.2. The van der Waals surface area contributed by atoms with Gasteiger partial charge in [-0.15, -0.1) is 24.0 Å². The number of methoxy groups -OCH3 is 1. The molecular weight excluding hydrogens is 531 g/mol. The number of rotatable bonds is 10. The Morgan fingerprint density at radius 3 is 2.61 bits per heavy atom. The zero-order valence-corrected chi connectivity index (χ0v) is 22.5. The van der Waals surface area contributed by atoms with Crippen LogP contribution >= 0.6 is 24.0 Å². The van der Waals surface area contributed by atoms with Crippen LogP contribution in [-0.2, 0) is 20.8 Å². The minimum absolute atomic E-state index is 0. The molecule has 1 amide bonds. The quantitative estimate of drug-likeness (QED) is 0.188. The van der Waals surface area contributed by atoms with Gasteiger partial charge in [0.2, 0.25) is 5.91 Å². The molecule has 186 valence electrons. The van der Waals surface area contributed by atoms with Crippen molar-refractivity contribution in [3.05, 3.63) is 29.8 Å². The Bertz CT molecular complexity index is 732. The zero-order valence-electron chi connectivity index (χ0n) is 20.2. The van der Waals surface area contributed by atoms with E-state index in [0.29, 0.717) is 12.6 Å². The Labute approximate surface area is 216 Å². The van der Waals surface area contributed by atoms with Crippen molar-refractivity contribution in [2.24, 2.45) is 10.9 Å². The van der Waals surface area contributed by atoms with Crippen molar-refractivity contribution < 1.29 is 14.3 Å². The van der Waals surface area contributed by atoms with Crippen LogP contribution in [0.4, 0.5) is 5.69 Å². The van der Waals surface area contributed by atoms with Crippen molar-refractivity contribution in [2.45, 2.75) is 64.5 Å². The predicted octanol–water partition coefficient (Wildman–Crippen LogP) is 4.42. The first-order valence-corrected chi connectivity index (χ1v) is 12.2. The lowest BCUT2D eigenvalue weighted by Crippen LogP contribution is -2.47. The Kier molecular flexibility index (Phi) is 13.1. The molecule has 8 heteroatoms. The molecule has 1 aromatic carbocycles. The van der Waals surface area contributed by atoms with Crippen molar-refractivity contribution in [1.29, 1.82) is 0 Å². The van der Waals surface area contributed by atoms with Gasteiger partial charge < -0.3 is 25.0 Å². The number of nitrogens with zero attached hydrogens (tertiary/aromatic N) is 2. The van der Waals surface area contributed by atoms with Gasteiger partial charge in [-0.05, 0) is 56.7 Å². The van der Waals surface area contributed by atoms with E-state index in [1.807, 2.05) is 18.2 Å². The molecule has 1 aromatic rings. The van der Waals surface area contributed by atoms with Gasteiger partial charge in [0.15, 0.2) is 5.96 Å². The van der Waals surface area contributed by atoms with Crippen LogP contribution in [0, 0.1) is 5.92 Å². The van der Waals surface area contributed by atoms with Crippen LogP contribution in [0.5, 0.6) is 0 Å². The SMILES string of the molecule is CCNC(=NCc1cccc(NC(=O)C2CCCC2)c1)N1CCC(OCCCOC)CC1.I. The Morgan fingerprint density at radius 1 is 1.15 bits per heavy atom. The van der Waals surface area contributed by atoms with E-state index in [9.17, 15) is 4.79 Å². The highest BCUT2D eigenvalue weighted by Gasteiger charge is 2.23. The molecule has 1 saturated heterocycles. The molecule has 1 heterocycles. The molecule has 0 unspecified atom stereocenters. The van der Waals surface area contributed by atoms with E-state index in [1.54, 1.807) is 7.11 Å². The largest absolute Gasteiger partial charge is 0.385 e. The smallest absolute Gasteiger partial charge is 0.227 e. The van der Waals surface area contributed by atoms with Crippen molar-refractivity contribution >= 4 is 41.5 Å². The van der Waals surface area contributed by atoms with Crippen LogP contribution in [0.15, 0.2) is 29.3 Å². The van der Waals surface area contributed by atoms with Gasteiger partial charge in [-0.3, -0.25) is 4.79 Å². The number of piperidine rings is 1. The van der Waals surface area contributed by atoms with Crippen molar-refractivity contribution in [3.63, 3.8) is 0 Å².